The van der Waals surface area contributed by atoms with Gasteiger partial charge in [0.25, 0.3) is 0 Å². The number of rotatable bonds is 4. The fourth-order valence-electron chi connectivity index (χ4n) is 11.8. The van der Waals surface area contributed by atoms with E-state index < -0.39 is 0 Å². The van der Waals surface area contributed by atoms with Crippen LogP contribution in [-0.2, 0) is 10.8 Å². The van der Waals surface area contributed by atoms with Crippen LogP contribution in [-0.4, -0.2) is 0 Å². The molecule has 11 aromatic rings. The van der Waals surface area contributed by atoms with Crippen LogP contribution >= 0.6 is 0 Å². The maximum atomic E-state index is 2.51. The molecule has 64 heavy (non-hydrogen) atoms. The molecule has 2 aliphatic rings. The molecule has 0 nitrogen and oxygen atoms in total. The standard InChI is InChI=1S/C64H46/c1-63(2)57-23-12-11-19-49(57)55-36-45(29-33-58(55)63)62-53-21-10-9-20-52(53)61(54-32-26-43(35-56(54)62)42-25-24-39-14-5-6-16-41(39)34-42)46-28-31-51-50-30-27-44(37-59(50)64(3,4)60(51)38-46)48-22-13-17-40-15-7-8-18-47(40)48/h5-38H,1-4H3. The Kier molecular flexibility index (Phi) is 7.80. The number of fused-ring (bicyclic) bond motifs is 10. The molecule has 0 saturated heterocycles. The van der Waals surface area contributed by atoms with Crippen molar-refractivity contribution in [2.45, 2.75) is 38.5 Å². The average Bonchev–Trinajstić information content (AvgIpc) is 3.70. The zero-order valence-corrected chi connectivity index (χ0v) is 36.6. The van der Waals surface area contributed by atoms with E-state index in [1.807, 2.05) is 0 Å². The quantitative estimate of drug-likeness (QED) is 0.155. The van der Waals surface area contributed by atoms with Crippen LogP contribution in [0.3, 0.4) is 0 Å². The minimum absolute atomic E-state index is 0.0554. The van der Waals surface area contributed by atoms with E-state index in [2.05, 4.69) is 234 Å². The van der Waals surface area contributed by atoms with Crippen molar-refractivity contribution in [1.82, 2.24) is 0 Å². The number of hydrogen-bond donors (Lipinski definition) is 0. The molecule has 0 radical (unpaired) electrons. The van der Waals surface area contributed by atoms with Gasteiger partial charge in [-0.2, -0.15) is 0 Å². The van der Waals surface area contributed by atoms with Crippen molar-refractivity contribution in [2.75, 3.05) is 0 Å². The normalized spacial score (nSPS) is 14.2. The van der Waals surface area contributed by atoms with E-state index in [1.54, 1.807) is 0 Å². The van der Waals surface area contributed by atoms with Gasteiger partial charge in [-0.25, -0.2) is 0 Å². The van der Waals surface area contributed by atoms with Gasteiger partial charge >= 0.3 is 0 Å². The summed E-state index contributed by atoms with van der Waals surface area (Å²) in [5.74, 6) is 0. The van der Waals surface area contributed by atoms with Gasteiger partial charge in [0.1, 0.15) is 0 Å². The Labute approximate surface area is 375 Å². The lowest BCUT2D eigenvalue weighted by molar-refractivity contribution is 0.660. The van der Waals surface area contributed by atoms with E-state index in [0.29, 0.717) is 0 Å². The van der Waals surface area contributed by atoms with E-state index in [0.717, 1.165) is 0 Å². The maximum Gasteiger partial charge on any atom is 0.0159 e. The molecule has 0 spiro atoms. The molecule has 0 aromatic heterocycles. The van der Waals surface area contributed by atoms with Gasteiger partial charge in [-0.15, -0.1) is 0 Å². The first-order valence-corrected chi connectivity index (χ1v) is 22.7. The molecule has 0 aliphatic heterocycles. The summed E-state index contributed by atoms with van der Waals surface area (Å²) in [5, 5.41) is 10.2. The van der Waals surface area contributed by atoms with Crippen LogP contribution in [0.4, 0.5) is 0 Å². The third kappa shape index (κ3) is 5.29. The Morgan fingerprint density at radius 2 is 0.719 bits per heavy atom. The Bertz CT molecular complexity index is 3770. The molecule has 0 amide bonds. The van der Waals surface area contributed by atoms with Gasteiger partial charge in [-0.3, -0.25) is 0 Å². The van der Waals surface area contributed by atoms with Gasteiger partial charge in [0.05, 0.1) is 0 Å². The zero-order valence-electron chi connectivity index (χ0n) is 36.6. The molecule has 0 saturated carbocycles. The van der Waals surface area contributed by atoms with Gasteiger partial charge < -0.3 is 0 Å². The second-order valence-corrected chi connectivity index (χ2v) is 19.2. The third-order valence-corrected chi connectivity index (χ3v) is 15.0. The van der Waals surface area contributed by atoms with Crippen LogP contribution in [0.25, 0.3) is 110 Å². The van der Waals surface area contributed by atoms with E-state index in [4.69, 9.17) is 0 Å². The maximum absolute atomic E-state index is 2.51. The van der Waals surface area contributed by atoms with Crippen LogP contribution in [0.1, 0.15) is 49.9 Å². The predicted octanol–water partition coefficient (Wildman–Crippen LogP) is 17.6. The van der Waals surface area contributed by atoms with E-state index in [9.17, 15) is 0 Å². The van der Waals surface area contributed by atoms with Gasteiger partial charge in [0, 0.05) is 10.8 Å². The topological polar surface area (TPSA) is 0 Å². The molecule has 302 valence electrons. The van der Waals surface area contributed by atoms with Crippen LogP contribution in [0.2, 0.25) is 0 Å². The fraction of sp³-hybridized carbons (Fsp3) is 0.0938. The fourth-order valence-corrected chi connectivity index (χ4v) is 11.8. The molecule has 0 N–H and O–H groups in total. The highest BCUT2D eigenvalue weighted by Crippen LogP contribution is 2.54. The highest BCUT2D eigenvalue weighted by molar-refractivity contribution is 6.22. The first-order valence-electron chi connectivity index (χ1n) is 22.7. The van der Waals surface area contributed by atoms with Crippen LogP contribution in [0.5, 0.6) is 0 Å². The van der Waals surface area contributed by atoms with Crippen LogP contribution in [0, 0.1) is 0 Å². The molecule has 0 heterocycles. The second-order valence-electron chi connectivity index (χ2n) is 19.2. The minimum Gasteiger partial charge on any atom is -0.0619 e. The van der Waals surface area contributed by atoms with E-state index >= 15 is 0 Å². The van der Waals surface area contributed by atoms with Crippen LogP contribution in [0.15, 0.2) is 206 Å². The number of benzene rings is 11. The first-order chi connectivity index (χ1) is 31.2. The van der Waals surface area contributed by atoms with Crippen molar-refractivity contribution in [2.24, 2.45) is 0 Å². The summed E-state index contributed by atoms with van der Waals surface area (Å²) < 4.78 is 0. The SMILES string of the molecule is CC1(C)c2ccccc2-c2cc(-c3c4ccccc4c(-c4ccc5c(c4)C(C)(C)c4cc(-c6cccc7ccccc67)ccc4-5)c4ccc(-c5ccc6ccccc6c5)cc34)ccc21. The van der Waals surface area contributed by atoms with Gasteiger partial charge in [-0.05, 0) is 162 Å². The summed E-state index contributed by atoms with van der Waals surface area (Å²) in [6, 6.07) is 78.0. The third-order valence-electron chi connectivity index (χ3n) is 15.0. The number of hydrogen-bond acceptors (Lipinski definition) is 0. The summed E-state index contributed by atoms with van der Waals surface area (Å²) in [5.41, 5.74) is 20.8. The zero-order chi connectivity index (χ0) is 42.9. The molecular formula is C64H46. The Morgan fingerprint density at radius 1 is 0.234 bits per heavy atom. The Morgan fingerprint density at radius 3 is 1.52 bits per heavy atom. The van der Waals surface area contributed by atoms with E-state index in [-0.39, 0.29) is 10.8 Å². The summed E-state index contributed by atoms with van der Waals surface area (Å²) >= 11 is 0. The molecule has 0 heteroatoms. The van der Waals surface area contributed by atoms with Gasteiger partial charge in [-0.1, -0.05) is 204 Å². The van der Waals surface area contributed by atoms with Crippen molar-refractivity contribution in [3.05, 3.63) is 229 Å². The Hall–Kier alpha value is -7.54. The molecular weight excluding hydrogens is 769 g/mol. The lowest BCUT2D eigenvalue weighted by atomic mass is 9.79. The molecule has 0 fully saturated rings. The van der Waals surface area contributed by atoms with Crippen LogP contribution < -0.4 is 0 Å². The highest BCUT2D eigenvalue weighted by Gasteiger charge is 2.37. The molecule has 2 aliphatic carbocycles. The van der Waals surface area contributed by atoms with Crippen molar-refractivity contribution in [1.29, 1.82) is 0 Å². The van der Waals surface area contributed by atoms with Gasteiger partial charge in [0.15, 0.2) is 0 Å². The van der Waals surface area contributed by atoms with Crippen molar-refractivity contribution < 1.29 is 0 Å². The monoisotopic (exact) mass is 814 g/mol. The summed E-state index contributed by atoms with van der Waals surface area (Å²) in [4.78, 5) is 0. The molecule has 13 rings (SSSR count). The highest BCUT2D eigenvalue weighted by atomic mass is 14.4. The predicted molar refractivity (Wildman–Crippen MR) is 273 cm³/mol. The minimum atomic E-state index is -0.190. The lowest BCUT2D eigenvalue weighted by Gasteiger charge is -2.24. The molecule has 0 bridgehead atoms. The largest absolute Gasteiger partial charge is 0.0619 e. The Balaban J connectivity index is 1.03. The molecule has 11 aromatic carbocycles. The smallest absolute Gasteiger partial charge is 0.0159 e. The lowest BCUT2D eigenvalue weighted by Crippen LogP contribution is -2.15. The van der Waals surface area contributed by atoms with Crippen molar-refractivity contribution in [3.8, 4) is 66.8 Å². The molecule has 0 unspecified atom stereocenters. The van der Waals surface area contributed by atoms with E-state index in [1.165, 1.54) is 132 Å². The van der Waals surface area contributed by atoms with Crippen molar-refractivity contribution in [3.63, 3.8) is 0 Å². The van der Waals surface area contributed by atoms with Gasteiger partial charge in [0.2, 0.25) is 0 Å². The second kappa shape index (κ2) is 13.5. The molecule has 0 atom stereocenters. The summed E-state index contributed by atoms with van der Waals surface area (Å²) in [6.07, 6.45) is 0. The summed E-state index contributed by atoms with van der Waals surface area (Å²) in [6.45, 7) is 9.56. The summed E-state index contributed by atoms with van der Waals surface area (Å²) in [7, 11) is 0. The average molecular weight is 815 g/mol. The first kappa shape index (κ1) is 37.1. The van der Waals surface area contributed by atoms with Crippen molar-refractivity contribution >= 4 is 43.1 Å².